The highest BCUT2D eigenvalue weighted by Crippen LogP contribution is 2.77. The van der Waals surface area contributed by atoms with E-state index in [9.17, 15) is 73.9 Å². The number of ether oxygens (including phenoxy) is 8. The smallest absolute Gasteiger partial charge is 0.397 e. The van der Waals surface area contributed by atoms with Gasteiger partial charge in [0, 0.05) is 0 Å². The maximum Gasteiger partial charge on any atom is 0.397 e. The van der Waals surface area contributed by atoms with Crippen molar-refractivity contribution in [3.8, 4) is 0 Å². The fourth-order valence-corrected chi connectivity index (χ4v) is 17.5. The summed E-state index contributed by atoms with van der Waals surface area (Å²) in [4.78, 5) is 27.5. The van der Waals surface area contributed by atoms with Crippen molar-refractivity contribution in [2.75, 3.05) is 13.2 Å². The van der Waals surface area contributed by atoms with E-state index in [1.165, 1.54) is 6.92 Å². The number of carbonyl (C=O) groups excluding carboxylic acids is 1. The molecule has 12 N–H and O–H groups in total. The lowest BCUT2D eigenvalue weighted by molar-refractivity contribution is -0.386. The van der Waals surface area contributed by atoms with Gasteiger partial charge < -0.3 is 94.1 Å². The van der Waals surface area contributed by atoms with Crippen LogP contribution in [0.15, 0.2) is 11.6 Å². The number of carbonyl (C=O) groups is 2. The van der Waals surface area contributed by atoms with Gasteiger partial charge in [0.25, 0.3) is 0 Å². The highest BCUT2D eigenvalue weighted by Gasteiger charge is 2.72. The predicted octanol–water partition coefficient (Wildman–Crippen LogP) is -0.593. The van der Waals surface area contributed by atoms with Crippen LogP contribution >= 0.6 is 0 Å². The third-order valence-corrected chi connectivity index (χ3v) is 22.1. The molecule has 25 nitrogen and oxygen atoms in total. The number of rotatable bonds is 12. The molecule has 0 amide bonds. The summed E-state index contributed by atoms with van der Waals surface area (Å²) in [6, 6.07) is 0. The predicted molar refractivity (Wildman–Crippen MR) is 266 cm³/mol. The third-order valence-electron chi connectivity index (χ3n) is 21.7. The van der Waals surface area contributed by atoms with Crippen LogP contribution in [0, 0.1) is 56.7 Å². The number of allylic oxidation sites excluding steroid dienone is 2. The van der Waals surface area contributed by atoms with Crippen molar-refractivity contribution < 1.29 is 121 Å². The fourth-order valence-electron chi connectivity index (χ4n) is 17.0. The van der Waals surface area contributed by atoms with E-state index in [0.29, 0.717) is 32.1 Å². The summed E-state index contributed by atoms with van der Waals surface area (Å²) < 4.78 is 86.2. The van der Waals surface area contributed by atoms with E-state index in [4.69, 9.17) is 42.1 Å². The zero-order valence-corrected chi connectivity index (χ0v) is 46.7. The zero-order chi connectivity index (χ0) is 58.0. The molecule has 4 saturated carbocycles. The van der Waals surface area contributed by atoms with Crippen LogP contribution in [0.2, 0.25) is 0 Å². The second-order valence-corrected chi connectivity index (χ2v) is 26.8. The van der Waals surface area contributed by atoms with Gasteiger partial charge in [-0.2, -0.15) is 8.42 Å². The van der Waals surface area contributed by atoms with Gasteiger partial charge in [0.15, 0.2) is 31.1 Å². The molecule has 29 atom stereocenters. The van der Waals surface area contributed by atoms with Gasteiger partial charge in [0.2, 0.25) is 6.29 Å². The Morgan fingerprint density at radius 2 is 1.33 bits per heavy atom. The molecular formula is C53H84O25S. The molecule has 26 heteroatoms. The van der Waals surface area contributed by atoms with E-state index in [0.717, 1.165) is 31.3 Å². The molecule has 5 aliphatic carbocycles. The van der Waals surface area contributed by atoms with E-state index in [1.54, 1.807) is 0 Å². The molecule has 9 aliphatic rings. The molecule has 0 aromatic heterocycles. The maximum atomic E-state index is 15.0. The summed E-state index contributed by atoms with van der Waals surface area (Å²) in [5, 5.41) is 118. The number of fused-ring (bicyclic) bond motifs is 7. The van der Waals surface area contributed by atoms with Gasteiger partial charge in [-0.05, 0) is 123 Å². The summed E-state index contributed by atoms with van der Waals surface area (Å²) in [6.45, 7) is 15.5. The van der Waals surface area contributed by atoms with E-state index in [-0.39, 0.29) is 45.8 Å². The molecule has 79 heavy (non-hydrogen) atoms. The number of carboxylic acid groups (broad SMARTS) is 1. The summed E-state index contributed by atoms with van der Waals surface area (Å²) >= 11 is 0. The third kappa shape index (κ3) is 10.3. The van der Waals surface area contributed by atoms with Crippen molar-refractivity contribution in [2.24, 2.45) is 56.7 Å². The molecular weight excluding hydrogens is 1070 g/mol. The molecule has 0 aromatic rings. The van der Waals surface area contributed by atoms with E-state index < -0.39 is 169 Å². The topological polar surface area (TPSA) is 394 Å². The summed E-state index contributed by atoms with van der Waals surface area (Å²) in [6.07, 6.45) is -26.2. The van der Waals surface area contributed by atoms with Crippen LogP contribution in [0.25, 0.3) is 0 Å². The average molecular weight is 1150 g/mol. The van der Waals surface area contributed by atoms with Crippen LogP contribution in [-0.4, -0.2) is 217 Å². The van der Waals surface area contributed by atoms with Gasteiger partial charge in [-0.1, -0.05) is 53.2 Å². The molecule has 4 aliphatic heterocycles. The molecule has 0 bridgehead atoms. The maximum absolute atomic E-state index is 15.0. The van der Waals surface area contributed by atoms with Crippen LogP contribution in [0.3, 0.4) is 0 Å². The number of aliphatic carboxylic acids is 1. The van der Waals surface area contributed by atoms with Crippen LogP contribution < -0.4 is 0 Å². The van der Waals surface area contributed by atoms with Crippen molar-refractivity contribution in [3.63, 3.8) is 0 Å². The Labute approximate surface area is 459 Å². The number of hydrogen-bond acceptors (Lipinski definition) is 23. The minimum absolute atomic E-state index is 0.00792. The number of hydrogen-bond donors (Lipinski definition) is 12. The first-order valence-corrected chi connectivity index (χ1v) is 29.2. The van der Waals surface area contributed by atoms with Gasteiger partial charge in [-0.25, -0.2) is 8.98 Å². The highest BCUT2D eigenvalue weighted by molar-refractivity contribution is 7.80. The Kier molecular flexibility index (Phi) is 17.1. The minimum atomic E-state index is -5.25. The van der Waals surface area contributed by atoms with Gasteiger partial charge in [0.1, 0.15) is 73.2 Å². The lowest BCUT2D eigenvalue weighted by Crippen LogP contribution is -2.69. The normalized spacial score (nSPS) is 52.8. The second kappa shape index (κ2) is 22.1. The molecule has 4 saturated heterocycles. The molecule has 29 unspecified atom stereocenters. The Balaban J connectivity index is 0.953. The second-order valence-electron chi connectivity index (χ2n) is 25.8. The first-order valence-electron chi connectivity index (χ1n) is 27.8. The van der Waals surface area contributed by atoms with Crippen LogP contribution in [-0.2, 0) is 62.1 Å². The Morgan fingerprint density at radius 3 is 1.99 bits per heavy atom. The van der Waals surface area contributed by atoms with E-state index >= 15 is 4.79 Å². The summed E-state index contributed by atoms with van der Waals surface area (Å²) in [5.41, 5.74) is -1.54. The van der Waals surface area contributed by atoms with Gasteiger partial charge in [0.05, 0.1) is 30.8 Å². The molecule has 4 heterocycles. The van der Waals surface area contributed by atoms with Gasteiger partial charge in [-0.3, -0.25) is 9.35 Å². The molecule has 9 rings (SSSR count). The first-order chi connectivity index (χ1) is 36.8. The fraction of sp³-hybridized carbons (Fsp3) is 0.925. The quantitative estimate of drug-likeness (QED) is 0.0503. The van der Waals surface area contributed by atoms with Crippen LogP contribution in [0.1, 0.15) is 113 Å². The summed E-state index contributed by atoms with van der Waals surface area (Å²) in [5.74, 6) is -2.48. The Bertz CT molecular complexity index is 2380. The van der Waals surface area contributed by atoms with Crippen molar-refractivity contribution in [2.45, 2.75) is 236 Å². The Hall–Kier alpha value is -2.13. The first kappa shape index (κ1) is 61.4. The lowest BCUT2D eigenvalue weighted by Gasteiger charge is -2.73. The van der Waals surface area contributed by atoms with Crippen molar-refractivity contribution >= 4 is 22.3 Å². The van der Waals surface area contributed by atoms with Gasteiger partial charge >= 0.3 is 22.3 Å². The molecule has 8 fully saturated rings. The van der Waals surface area contributed by atoms with Crippen molar-refractivity contribution in [3.05, 3.63) is 11.6 Å². The van der Waals surface area contributed by atoms with Crippen molar-refractivity contribution in [1.29, 1.82) is 0 Å². The number of aliphatic hydroxyl groups excluding tert-OH is 10. The average Bonchev–Trinajstić information content (AvgIpc) is 3.55. The Morgan fingerprint density at radius 1 is 0.671 bits per heavy atom. The van der Waals surface area contributed by atoms with E-state index in [2.05, 4.69) is 41.5 Å². The SMILES string of the molecule is CC1=CCC2(C(=O)OC3OC(CO)C(O)C(O)C3OS(=O)(=O)O)CCC3(C)C(CCC4C5(C)CCC(OC6OC(C(=O)O)C(O)C(O)C6OC6OCC(O)C(O)C6OC6OC(C)C(O)C(O)C6O)C(C)(C)C5CCC43C)C2C1C. The van der Waals surface area contributed by atoms with E-state index in [1.807, 2.05) is 13.0 Å². The monoisotopic (exact) mass is 1150 g/mol. The molecule has 0 spiro atoms. The van der Waals surface area contributed by atoms with Crippen LogP contribution in [0.4, 0.5) is 0 Å². The molecule has 452 valence electrons. The molecule has 0 aromatic carbocycles. The minimum Gasteiger partial charge on any atom is -0.479 e. The standard InChI is InChI=1S/C53H84O25S/c1-21-11-16-53(48(66)77-47-42(78-79(67,68)69)35(60)33(58)26(19-54)72-47)18-17-51(7)24(30(53)22(21)2)9-10-28-50(6)14-13-29(49(4,5)27(50)12-15-52(28,51)8)73-46-41(37(62)36(61)39(74-46)43(64)65)76-45-40(32(57)25(55)20-70-45)75-44-38(63)34(59)31(56)23(3)71-44/h11,22-42,44-47,54-63H,9-10,12-20H2,1-8H3,(H,64,65)(H,67,68,69). The van der Waals surface area contributed by atoms with Crippen LogP contribution in [0.5, 0.6) is 0 Å². The van der Waals surface area contributed by atoms with Crippen molar-refractivity contribution in [1.82, 2.24) is 0 Å². The number of carboxylic acids is 1. The highest BCUT2D eigenvalue weighted by atomic mass is 32.3. The number of esters is 1. The summed E-state index contributed by atoms with van der Waals surface area (Å²) in [7, 11) is -5.25. The zero-order valence-electron chi connectivity index (χ0n) is 45.9. The lowest BCUT2D eigenvalue weighted by atomic mass is 9.31. The number of aliphatic hydroxyl groups is 10. The van der Waals surface area contributed by atoms with Gasteiger partial charge in [-0.15, -0.1) is 0 Å². The largest absolute Gasteiger partial charge is 0.479 e. The molecule has 0 radical (unpaired) electrons.